The van der Waals surface area contributed by atoms with Crippen LogP contribution in [0.5, 0.6) is 0 Å². The Labute approximate surface area is 247 Å². The molecule has 1 aromatic heterocycles. The molecular formula is C40H25NS. The van der Waals surface area contributed by atoms with Crippen LogP contribution in [0, 0.1) is 0 Å². The Morgan fingerprint density at radius 2 is 0.976 bits per heavy atom. The number of benzene rings is 8. The molecule has 0 aliphatic heterocycles. The second kappa shape index (κ2) is 9.17. The van der Waals surface area contributed by atoms with Crippen LogP contribution in [0.3, 0.4) is 0 Å². The van der Waals surface area contributed by atoms with Gasteiger partial charge in [-0.25, -0.2) is 0 Å². The molecule has 0 amide bonds. The van der Waals surface area contributed by atoms with Crippen LogP contribution < -0.4 is 4.90 Å². The molecule has 0 fully saturated rings. The highest BCUT2D eigenvalue weighted by atomic mass is 32.1. The Bertz CT molecular complexity index is 2470. The first kappa shape index (κ1) is 23.5. The van der Waals surface area contributed by atoms with Gasteiger partial charge in [-0.2, -0.15) is 0 Å². The fourth-order valence-electron chi connectivity index (χ4n) is 6.72. The first-order valence-electron chi connectivity index (χ1n) is 14.4. The van der Waals surface area contributed by atoms with E-state index >= 15 is 0 Å². The molecule has 0 N–H and O–H groups in total. The van der Waals surface area contributed by atoms with Gasteiger partial charge in [0.2, 0.25) is 0 Å². The van der Waals surface area contributed by atoms with E-state index in [2.05, 4.69) is 157 Å². The van der Waals surface area contributed by atoms with E-state index in [9.17, 15) is 0 Å². The first-order chi connectivity index (χ1) is 20.8. The van der Waals surface area contributed by atoms with Gasteiger partial charge in [-0.15, -0.1) is 11.3 Å². The van der Waals surface area contributed by atoms with E-state index in [4.69, 9.17) is 0 Å². The summed E-state index contributed by atoms with van der Waals surface area (Å²) in [6.45, 7) is 0. The summed E-state index contributed by atoms with van der Waals surface area (Å²) in [4.78, 5) is 2.43. The Hall–Kier alpha value is -5.18. The molecule has 0 saturated heterocycles. The molecule has 0 atom stereocenters. The maximum absolute atomic E-state index is 2.43. The zero-order valence-electron chi connectivity index (χ0n) is 22.8. The summed E-state index contributed by atoms with van der Waals surface area (Å²) in [6.07, 6.45) is 0. The summed E-state index contributed by atoms with van der Waals surface area (Å²) in [7, 11) is 0. The van der Waals surface area contributed by atoms with Crippen LogP contribution in [0.25, 0.3) is 63.3 Å². The lowest BCUT2D eigenvalue weighted by atomic mass is 9.92. The van der Waals surface area contributed by atoms with Crippen LogP contribution in [0.2, 0.25) is 0 Å². The van der Waals surface area contributed by atoms with Crippen LogP contribution in [0.1, 0.15) is 0 Å². The van der Waals surface area contributed by atoms with Crippen molar-refractivity contribution in [2.75, 3.05) is 4.90 Å². The Kier molecular flexibility index (Phi) is 5.13. The largest absolute Gasteiger partial charge is 0.310 e. The van der Waals surface area contributed by atoms with Crippen molar-refractivity contribution in [3.63, 3.8) is 0 Å². The van der Waals surface area contributed by atoms with Crippen LogP contribution >= 0.6 is 11.3 Å². The first-order valence-corrected chi connectivity index (χ1v) is 15.2. The number of anilines is 3. The molecule has 0 aliphatic carbocycles. The second-order valence-corrected chi connectivity index (χ2v) is 12.0. The average molecular weight is 552 g/mol. The summed E-state index contributed by atoms with van der Waals surface area (Å²) in [5, 5.41) is 12.9. The van der Waals surface area contributed by atoms with Crippen molar-refractivity contribution in [1.29, 1.82) is 0 Å². The molecule has 42 heavy (non-hydrogen) atoms. The van der Waals surface area contributed by atoms with Crippen molar-refractivity contribution in [2.24, 2.45) is 0 Å². The van der Waals surface area contributed by atoms with Crippen molar-refractivity contribution in [3.05, 3.63) is 152 Å². The lowest BCUT2D eigenvalue weighted by molar-refractivity contribution is 1.31. The maximum atomic E-state index is 2.43. The lowest BCUT2D eigenvalue weighted by Gasteiger charge is -2.28. The summed E-state index contributed by atoms with van der Waals surface area (Å²) in [5.41, 5.74) is 3.49. The van der Waals surface area contributed by atoms with E-state index in [1.165, 1.54) is 68.9 Å². The topological polar surface area (TPSA) is 3.24 Å². The molecule has 9 aromatic rings. The van der Waals surface area contributed by atoms with Crippen LogP contribution in [-0.2, 0) is 0 Å². The molecule has 2 heteroatoms. The Morgan fingerprint density at radius 1 is 0.357 bits per heavy atom. The minimum absolute atomic E-state index is 1.15. The van der Waals surface area contributed by atoms with Crippen LogP contribution in [-0.4, -0.2) is 0 Å². The third kappa shape index (κ3) is 3.49. The molecule has 8 aromatic carbocycles. The molecule has 1 nitrogen and oxygen atoms in total. The molecule has 0 bridgehead atoms. The number of hydrogen-bond donors (Lipinski definition) is 0. The third-order valence-electron chi connectivity index (χ3n) is 8.58. The van der Waals surface area contributed by atoms with Gasteiger partial charge in [-0.1, -0.05) is 109 Å². The number of rotatable bonds is 3. The van der Waals surface area contributed by atoms with E-state index < -0.39 is 0 Å². The van der Waals surface area contributed by atoms with Gasteiger partial charge in [-0.05, 0) is 80.2 Å². The highest BCUT2D eigenvalue weighted by Crippen LogP contribution is 2.46. The van der Waals surface area contributed by atoms with E-state index in [1.807, 2.05) is 11.3 Å². The van der Waals surface area contributed by atoms with Gasteiger partial charge in [0, 0.05) is 36.9 Å². The van der Waals surface area contributed by atoms with Gasteiger partial charge in [0.1, 0.15) is 0 Å². The molecule has 0 unspecified atom stereocenters. The number of thiophene rings is 1. The van der Waals surface area contributed by atoms with Gasteiger partial charge in [0.05, 0.1) is 5.69 Å². The molecule has 0 spiro atoms. The quantitative estimate of drug-likeness (QED) is 0.197. The van der Waals surface area contributed by atoms with Crippen molar-refractivity contribution in [2.45, 2.75) is 0 Å². The molecule has 196 valence electrons. The van der Waals surface area contributed by atoms with E-state index in [1.54, 1.807) is 0 Å². The predicted molar refractivity (Wildman–Crippen MR) is 184 cm³/mol. The van der Waals surface area contributed by atoms with Gasteiger partial charge in [-0.3, -0.25) is 0 Å². The van der Waals surface area contributed by atoms with E-state index in [-0.39, 0.29) is 0 Å². The molecule has 0 aliphatic rings. The second-order valence-electron chi connectivity index (χ2n) is 10.9. The zero-order chi connectivity index (χ0) is 27.6. The lowest BCUT2D eigenvalue weighted by Crippen LogP contribution is -2.10. The van der Waals surface area contributed by atoms with Crippen molar-refractivity contribution < 1.29 is 0 Å². The standard InChI is InChI=1S/C40H25NS/c1-2-11-29(12-3-1)41(30-22-23-38-35(25-30)33-15-8-9-17-37(33)42-38)36-24-28-21-20-27-19-18-26-10-4-5-13-31(26)39(27)40(28)34-16-7-6-14-32(34)36/h1-25H. The third-order valence-corrected chi connectivity index (χ3v) is 9.73. The van der Waals surface area contributed by atoms with Crippen LogP contribution in [0.15, 0.2) is 152 Å². The molecule has 0 radical (unpaired) electrons. The Balaban J connectivity index is 1.39. The number of fused-ring (bicyclic) bond motifs is 10. The molecule has 0 saturated carbocycles. The van der Waals surface area contributed by atoms with E-state index in [0.29, 0.717) is 0 Å². The molecule has 9 rings (SSSR count). The fraction of sp³-hybridized carbons (Fsp3) is 0. The summed E-state index contributed by atoms with van der Waals surface area (Å²) < 4.78 is 2.64. The fourth-order valence-corrected chi connectivity index (χ4v) is 7.80. The number of para-hydroxylation sites is 1. The minimum Gasteiger partial charge on any atom is -0.310 e. The normalized spacial score (nSPS) is 11.8. The van der Waals surface area contributed by atoms with Crippen molar-refractivity contribution >= 4 is 91.7 Å². The average Bonchev–Trinajstić information content (AvgIpc) is 3.43. The van der Waals surface area contributed by atoms with Crippen LogP contribution in [0.4, 0.5) is 17.1 Å². The van der Waals surface area contributed by atoms with Gasteiger partial charge >= 0.3 is 0 Å². The molecular weight excluding hydrogens is 527 g/mol. The number of hydrogen-bond acceptors (Lipinski definition) is 2. The predicted octanol–water partition coefficient (Wildman–Crippen LogP) is 12.1. The monoisotopic (exact) mass is 551 g/mol. The van der Waals surface area contributed by atoms with Gasteiger partial charge in [0.25, 0.3) is 0 Å². The number of nitrogens with zero attached hydrogens (tertiary/aromatic N) is 1. The molecule has 1 heterocycles. The van der Waals surface area contributed by atoms with Gasteiger partial charge < -0.3 is 4.90 Å². The van der Waals surface area contributed by atoms with Gasteiger partial charge in [0.15, 0.2) is 0 Å². The Morgan fingerprint density at radius 3 is 1.83 bits per heavy atom. The summed E-state index contributed by atoms with van der Waals surface area (Å²) >= 11 is 1.86. The summed E-state index contributed by atoms with van der Waals surface area (Å²) in [6, 6.07) is 55.6. The minimum atomic E-state index is 1.15. The van der Waals surface area contributed by atoms with Crippen molar-refractivity contribution in [1.82, 2.24) is 0 Å². The van der Waals surface area contributed by atoms with E-state index in [0.717, 1.165) is 11.4 Å². The zero-order valence-corrected chi connectivity index (χ0v) is 23.6. The summed E-state index contributed by atoms with van der Waals surface area (Å²) in [5.74, 6) is 0. The smallest absolute Gasteiger partial charge is 0.0546 e. The van der Waals surface area contributed by atoms with Crippen molar-refractivity contribution in [3.8, 4) is 0 Å². The maximum Gasteiger partial charge on any atom is 0.0546 e. The highest BCUT2D eigenvalue weighted by Gasteiger charge is 2.19. The highest BCUT2D eigenvalue weighted by molar-refractivity contribution is 7.25. The SMILES string of the molecule is c1ccc(N(c2ccc3sc4ccccc4c3c2)c2cc3ccc4ccc5ccccc5c4c3c3ccccc23)cc1.